The normalized spacial score (nSPS) is 16.6. The van der Waals surface area contributed by atoms with Crippen molar-refractivity contribution < 1.29 is 9.53 Å². The molecule has 1 aromatic rings. The van der Waals surface area contributed by atoms with Gasteiger partial charge < -0.3 is 19.9 Å². The predicted molar refractivity (Wildman–Crippen MR) is 76.8 cm³/mol. The summed E-state index contributed by atoms with van der Waals surface area (Å²) in [7, 11) is 3.82. The first-order valence-electron chi connectivity index (χ1n) is 6.71. The molecule has 0 bridgehead atoms. The van der Waals surface area contributed by atoms with Gasteiger partial charge in [0.15, 0.2) is 0 Å². The number of nitrogens with one attached hydrogen (secondary N) is 1. The first kappa shape index (κ1) is 14.5. The Morgan fingerprint density at radius 2 is 2.15 bits per heavy atom. The van der Waals surface area contributed by atoms with E-state index in [0.29, 0.717) is 32.3 Å². The van der Waals surface area contributed by atoms with Crippen LogP contribution in [0.2, 0.25) is 0 Å². The molecule has 1 aliphatic rings. The van der Waals surface area contributed by atoms with E-state index in [4.69, 9.17) is 4.74 Å². The summed E-state index contributed by atoms with van der Waals surface area (Å²) in [4.78, 5) is 24.4. The van der Waals surface area contributed by atoms with Crippen molar-refractivity contribution in [3.63, 3.8) is 0 Å². The molecule has 1 amide bonds. The quantitative estimate of drug-likeness (QED) is 0.849. The van der Waals surface area contributed by atoms with Gasteiger partial charge in [-0.25, -0.2) is 4.98 Å². The van der Waals surface area contributed by atoms with Gasteiger partial charge in [0.2, 0.25) is 11.9 Å². The third kappa shape index (κ3) is 3.57. The first-order valence-corrected chi connectivity index (χ1v) is 6.71. The van der Waals surface area contributed by atoms with Crippen molar-refractivity contribution in [3.05, 3.63) is 12.3 Å². The highest BCUT2D eigenvalue weighted by Gasteiger charge is 2.22. The number of ether oxygens (including phenoxy) is 1. The highest BCUT2D eigenvalue weighted by atomic mass is 16.5. The second-order valence-electron chi connectivity index (χ2n) is 4.94. The zero-order valence-electron chi connectivity index (χ0n) is 12.2. The summed E-state index contributed by atoms with van der Waals surface area (Å²) in [5.41, 5.74) is 0. The second-order valence-corrected chi connectivity index (χ2v) is 4.94. The maximum atomic E-state index is 12.3. The summed E-state index contributed by atoms with van der Waals surface area (Å²) < 4.78 is 5.25. The summed E-state index contributed by atoms with van der Waals surface area (Å²) in [6.07, 6.45) is 1.68. The van der Waals surface area contributed by atoms with Crippen molar-refractivity contribution in [2.24, 2.45) is 0 Å². The molecule has 1 unspecified atom stereocenters. The summed E-state index contributed by atoms with van der Waals surface area (Å²) in [6.45, 7) is 4.31. The molecule has 2 rings (SSSR count). The highest BCUT2D eigenvalue weighted by molar-refractivity contribution is 5.83. The van der Waals surface area contributed by atoms with Crippen LogP contribution in [-0.4, -0.2) is 67.2 Å². The minimum absolute atomic E-state index is 0.0483. The summed E-state index contributed by atoms with van der Waals surface area (Å²) >= 11 is 0. The molecule has 1 atom stereocenters. The van der Waals surface area contributed by atoms with Gasteiger partial charge in [-0.05, 0) is 13.0 Å². The minimum Gasteiger partial charge on any atom is -0.378 e. The molecule has 1 N–H and O–H groups in total. The molecule has 0 aromatic carbocycles. The van der Waals surface area contributed by atoms with Crippen molar-refractivity contribution >= 4 is 17.7 Å². The van der Waals surface area contributed by atoms with E-state index in [1.165, 1.54) is 0 Å². The number of carbonyl (C=O) groups is 1. The maximum Gasteiger partial charge on any atom is 0.245 e. The lowest BCUT2D eigenvalue weighted by atomic mass is 10.2. The van der Waals surface area contributed by atoms with E-state index < -0.39 is 0 Å². The fraction of sp³-hybridized carbons (Fsp3) is 0.615. The number of aromatic nitrogens is 2. The molecule has 110 valence electrons. The molecule has 1 aromatic heterocycles. The molecule has 0 aliphatic carbocycles. The second kappa shape index (κ2) is 6.51. The Balaban J connectivity index is 1.97. The molecule has 7 heteroatoms. The van der Waals surface area contributed by atoms with Crippen LogP contribution in [0.5, 0.6) is 0 Å². The standard InChI is InChI=1S/C13H21N5O2/c1-10(12(19)18-6-8-20-9-7-18)15-13-14-5-4-11(16-13)17(2)3/h4-5,10H,6-9H2,1-3H3,(H,14,15,16). The van der Waals surface area contributed by atoms with Crippen LogP contribution in [0.3, 0.4) is 0 Å². The molecule has 7 nitrogen and oxygen atoms in total. The van der Waals surface area contributed by atoms with Gasteiger partial charge in [0.1, 0.15) is 11.9 Å². The molecular formula is C13H21N5O2. The SMILES string of the molecule is CC(Nc1nccc(N(C)C)n1)C(=O)N1CCOCC1. The van der Waals surface area contributed by atoms with Crippen LogP contribution in [0.1, 0.15) is 6.92 Å². The third-order valence-electron chi connectivity index (χ3n) is 3.14. The van der Waals surface area contributed by atoms with Gasteiger partial charge >= 0.3 is 0 Å². The van der Waals surface area contributed by atoms with E-state index in [0.717, 1.165) is 5.82 Å². The Morgan fingerprint density at radius 1 is 1.45 bits per heavy atom. The number of hydrogen-bond acceptors (Lipinski definition) is 6. The van der Waals surface area contributed by atoms with Gasteiger partial charge in [-0.3, -0.25) is 4.79 Å². The van der Waals surface area contributed by atoms with Gasteiger partial charge in [-0.2, -0.15) is 4.98 Å². The number of amides is 1. The van der Waals surface area contributed by atoms with Crippen molar-refractivity contribution in [3.8, 4) is 0 Å². The number of anilines is 2. The fourth-order valence-electron chi connectivity index (χ4n) is 1.98. The summed E-state index contributed by atoms with van der Waals surface area (Å²) in [5.74, 6) is 1.31. The molecule has 1 saturated heterocycles. The van der Waals surface area contributed by atoms with Crippen molar-refractivity contribution in [1.29, 1.82) is 0 Å². The number of rotatable bonds is 4. The van der Waals surface area contributed by atoms with Crippen LogP contribution in [0.25, 0.3) is 0 Å². The van der Waals surface area contributed by atoms with E-state index in [1.54, 1.807) is 11.1 Å². The molecule has 2 heterocycles. The lowest BCUT2D eigenvalue weighted by Gasteiger charge is -2.29. The van der Waals surface area contributed by atoms with Crippen LogP contribution >= 0.6 is 0 Å². The molecule has 1 aliphatic heterocycles. The Labute approximate surface area is 118 Å². The van der Waals surface area contributed by atoms with Gasteiger partial charge in [0, 0.05) is 33.4 Å². The van der Waals surface area contributed by atoms with Crippen molar-refractivity contribution in [2.75, 3.05) is 50.6 Å². The number of carbonyl (C=O) groups excluding carboxylic acids is 1. The largest absolute Gasteiger partial charge is 0.378 e. The fourth-order valence-corrected chi connectivity index (χ4v) is 1.98. The van der Waals surface area contributed by atoms with Crippen LogP contribution in [-0.2, 0) is 9.53 Å². The Bertz CT molecular complexity index is 460. The van der Waals surface area contributed by atoms with Crippen LogP contribution < -0.4 is 10.2 Å². The van der Waals surface area contributed by atoms with Gasteiger partial charge in [0.25, 0.3) is 0 Å². The highest BCUT2D eigenvalue weighted by Crippen LogP contribution is 2.10. The average Bonchev–Trinajstić information content (AvgIpc) is 2.47. The molecule has 0 radical (unpaired) electrons. The van der Waals surface area contributed by atoms with E-state index in [9.17, 15) is 4.79 Å². The van der Waals surface area contributed by atoms with Gasteiger partial charge in [-0.1, -0.05) is 0 Å². The van der Waals surface area contributed by atoms with Gasteiger partial charge in [0.05, 0.1) is 13.2 Å². The van der Waals surface area contributed by atoms with E-state index in [2.05, 4.69) is 15.3 Å². The zero-order valence-corrected chi connectivity index (χ0v) is 12.2. The number of morpholine rings is 1. The van der Waals surface area contributed by atoms with Crippen molar-refractivity contribution in [1.82, 2.24) is 14.9 Å². The van der Waals surface area contributed by atoms with E-state index >= 15 is 0 Å². The topological polar surface area (TPSA) is 70.6 Å². The maximum absolute atomic E-state index is 12.3. The Hall–Kier alpha value is -1.89. The van der Waals surface area contributed by atoms with E-state index in [1.807, 2.05) is 32.0 Å². The monoisotopic (exact) mass is 279 g/mol. The third-order valence-corrected chi connectivity index (χ3v) is 3.14. The molecule has 0 spiro atoms. The lowest BCUT2D eigenvalue weighted by Crippen LogP contribution is -2.47. The van der Waals surface area contributed by atoms with Crippen LogP contribution in [0, 0.1) is 0 Å². The predicted octanol–water partition coefficient (Wildman–Crippen LogP) is 0.202. The van der Waals surface area contributed by atoms with Crippen molar-refractivity contribution in [2.45, 2.75) is 13.0 Å². The smallest absolute Gasteiger partial charge is 0.245 e. The summed E-state index contributed by atoms with van der Waals surface area (Å²) in [6, 6.07) is 1.46. The summed E-state index contributed by atoms with van der Waals surface area (Å²) in [5, 5.41) is 3.05. The van der Waals surface area contributed by atoms with E-state index in [-0.39, 0.29) is 11.9 Å². The van der Waals surface area contributed by atoms with Crippen LogP contribution in [0.15, 0.2) is 12.3 Å². The number of nitrogens with zero attached hydrogens (tertiary/aromatic N) is 4. The number of hydrogen-bond donors (Lipinski definition) is 1. The molecular weight excluding hydrogens is 258 g/mol. The van der Waals surface area contributed by atoms with Crippen LogP contribution in [0.4, 0.5) is 11.8 Å². The van der Waals surface area contributed by atoms with Gasteiger partial charge in [-0.15, -0.1) is 0 Å². The first-order chi connectivity index (χ1) is 9.58. The minimum atomic E-state index is -0.356. The molecule has 0 saturated carbocycles. The average molecular weight is 279 g/mol. The zero-order chi connectivity index (χ0) is 14.5. The lowest BCUT2D eigenvalue weighted by molar-refractivity contribution is -0.135. The molecule has 1 fully saturated rings. The Morgan fingerprint density at radius 3 is 2.80 bits per heavy atom. The molecule has 20 heavy (non-hydrogen) atoms. The Kier molecular flexibility index (Phi) is 4.73.